The molecule has 1 rings (SSSR count). The van der Waals surface area contributed by atoms with Crippen molar-refractivity contribution in [3.05, 3.63) is 28.5 Å². The zero-order chi connectivity index (χ0) is 11.8. The van der Waals surface area contributed by atoms with Crippen LogP contribution >= 0.6 is 27.5 Å². The van der Waals surface area contributed by atoms with Crippen molar-refractivity contribution in [2.24, 2.45) is 0 Å². The molecular formula is C11H13BrClFO2. The molecule has 0 aromatic heterocycles. The zero-order valence-corrected chi connectivity index (χ0v) is 11.1. The van der Waals surface area contributed by atoms with Gasteiger partial charge in [-0.15, -0.1) is 11.6 Å². The molecule has 16 heavy (non-hydrogen) atoms. The average Bonchev–Trinajstić information content (AvgIpc) is 2.28. The summed E-state index contributed by atoms with van der Waals surface area (Å²) in [5.74, 6) is 0.765. The first-order chi connectivity index (χ1) is 7.74. The zero-order valence-electron chi connectivity index (χ0n) is 8.72. The molecule has 0 aliphatic carbocycles. The number of hydrogen-bond donors (Lipinski definition) is 0. The lowest BCUT2D eigenvalue weighted by Gasteiger charge is -2.07. The number of benzene rings is 1. The molecule has 2 nitrogen and oxygen atoms in total. The summed E-state index contributed by atoms with van der Waals surface area (Å²) in [6, 6.07) is 4.65. The number of rotatable bonds is 7. The van der Waals surface area contributed by atoms with Crippen molar-refractivity contribution < 1.29 is 13.9 Å². The summed E-state index contributed by atoms with van der Waals surface area (Å²) in [5, 5.41) is 0. The van der Waals surface area contributed by atoms with Gasteiger partial charge in [0.2, 0.25) is 0 Å². The third-order valence-corrected chi connectivity index (χ3v) is 2.72. The molecule has 0 atom stereocenters. The normalized spacial score (nSPS) is 10.4. The fourth-order valence-electron chi connectivity index (χ4n) is 1.04. The molecule has 0 radical (unpaired) electrons. The fraction of sp³-hybridized carbons (Fsp3) is 0.455. The molecule has 1 aromatic carbocycles. The van der Waals surface area contributed by atoms with Crippen LogP contribution in [-0.4, -0.2) is 25.7 Å². The molecule has 0 aliphatic heterocycles. The number of hydrogen-bond acceptors (Lipinski definition) is 2. The van der Waals surface area contributed by atoms with Crippen molar-refractivity contribution in [1.82, 2.24) is 0 Å². The van der Waals surface area contributed by atoms with Crippen molar-refractivity contribution >= 4 is 27.5 Å². The summed E-state index contributed by atoms with van der Waals surface area (Å²) < 4.78 is 24.1. The van der Waals surface area contributed by atoms with Crippen LogP contribution < -0.4 is 4.74 Å². The van der Waals surface area contributed by atoms with Gasteiger partial charge in [0.1, 0.15) is 18.2 Å². The highest BCUT2D eigenvalue weighted by Crippen LogP contribution is 2.20. The predicted octanol–water partition coefficient (Wildman–Crippen LogP) is 3.61. The minimum atomic E-state index is -0.333. The van der Waals surface area contributed by atoms with E-state index in [0.29, 0.717) is 35.9 Å². The van der Waals surface area contributed by atoms with Crippen molar-refractivity contribution in [3.63, 3.8) is 0 Å². The van der Waals surface area contributed by atoms with Gasteiger partial charge in [0.25, 0.3) is 0 Å². The fourth-order valence-corrected chi connectivity index (χ4v) is 1.40. The average molecular weight is 312 g/mol. The molecule has 90 valence electrons. The first kappa shape index (κ1) is 13.7. The van der Waals surface area contributed by atoms with Crippen LogP contribution in [-0.2, 0) is 4.74 Å². The minimum absolute atomic E-state index is 0.333. The molecule has 0 fully saturated rings. The highest BCUT2D eigenvalue weighted by molar-refractivity contribution is 9.10. The molecule has 0 spiro atoms. The van der Waals surface area contributed by atoms with Gasteiger partial charge in [-0.25, -0.2) is 4.39 Å². The standard InChI is InChI=1S/C11H13BrClFO2/c12-10-3-2-9(8-11(10)14)16-7-6-15-5-1-4-13/h2-3,8H,1,4-7H2. The Balaban J connectivity index is 2.19. The van der Waals surface area contributed by atoms with E-state index < -0.39 is 0 Å². The topological polar surface area (TPSA) is 18.5 Å². The van der Waals surface area contributed by atoms with Gasteiger partial charge in [0.05, 0.1) is 11.1 Å². The monoisotopic (exact) mass is 310 g/mol. The molecule has 0 heterocycles. The van der Waals surface area contributed by atoms with Crippen LogP contribution in [0.15, 0.2) is 22.7 Å². The quantitative estimate of drug-likeness (QED) is 0.566. The third-order valence-electron chi connectivity index (χ3n) is 1.81. The van der Waals surface area contributed by atoms with Gasteiger partial charge in [0, 0.05) is 18.6 Å². The summed E-state index contributed by atoms with van der Waals surface area (Å²) in [6.45, 7) is 1.51. The molecule has 0 saturated heterocycles. The van der Waals surface area contributed by atoms with Gasteiger partial charge in [-0.3, -0.25) is 0 Å². The molecule has 0 aliphatic rings. The van der Waals surface area contributed by atoms with Crippen molar-refractivity contribution in [2.45, 2.75) is 6.42 Å². The summed E-state index contributed by atoms with van der Waals surface area (Å²) in [7, 11) is 0. The highest BCUT2D eigenvalue weighted by atomic mass is 79.9. The molecule has 5 heteroatoms. The smallest absolute Gasteiger partial charge is 0.141 e. The van der Waals surface area contributed by atoms with E-state index in [1.54, 1.807) is 12.1 Å². The van der Waals surface area contributed by atoms with Gasteiger partial charge in [-0.2, -0.15) is 0 Å². The Morgan fingerprint density at radius 2 is 2.06 bits per heavy atom. The lowest BCUT2D eigenvalue weighted by atomic mass is 10.3. The van der Waals surface area contributed by atoms with E-state index in [1.165, 1.54) is 6.07 Å². The second kappa shape index (κ2) is 7.87. The Labute approximate surface area is 108 Å². The first-order valence-corrected chi connectivity index (χ1v) is 6.28. The Kier molecular flexibility index (Phi) is 6.76. The number of ether oxygens (including phenoxy) is 2. The number of halogens is 3. The lowest BCUT2D eigenvalue weighted by Crippen LogP contribution is -2.07. The van der Waals surface area contributed by atoms with E-state index in [0.717, 1.165) is 6.42 Å². The van der Waals surface area contributed by atoms with Crippen molar-refractivity contribution in [1.29, 1.82) is 0 Å². The minimum Gasteiger partial charge on any atom is -0.491 e. The summed E-state index contributed by atoms with van der Waals surface area (Å²) in [5.41, 5.74) is 0. The van der Waals surface area contributed by atoms with Crippen LogP contribution in [0.4, 0.5) is 4.39 Å². The van der Waals surface area contributed by atoms with Crippen molar-refractivity contribution in [3.8, 4) is 5.75 Å². The second-order valence-electron chi connectivity index (χ2n) is 3.08. The van der Waals surface area contributed by atoms with Crippen LogP contribution in [0.1, 0.15) is 6.42 Å². The molecule has 0 N–H and O–H groups in total. The van der Waals surface area contributed by atoms with Gasteiger partial charge in [0.15, 0.2) is 0 Å². The van der Waals surface area contributed by atoms with E-state index in [9.17, 15) is 4.39 Å². The maximum atomic E-state index is 13.1. The molecule has 0 unspecified atom stereocenters. The van der Waals surface area contributed by atoms with E-state index in [1.807, 2.05) is 0 Å². The van der Waals surface area contributed by atoms with E-state index in [4.69, 9.17) is 21.1 Å². The Morgan fingerprint density at radius 3 is 2.75 bits per heavy atom. The van der Waals surface area contributed by atoms with Gasteiger partial charge < -0.3 is 9.47 Å². The maximum Gasteiger partial charge on any atom is 0.141 e. The Morgan fingerprint density at radius 1 is 1.25 bits per heavy atom. The molecular weight excluding hydrogens is 298 g/mol. The van der Waals surface area contributed by atoms with E-state index >= 15 is 0 Å². The highest BCUT2D eigenvalue weighted by Gasteiger charge is 2.00. The van der Waals surface area contributed by atoms with Crippen LogP contribution in [0.2, 0.25) is 0 Å². The Hall–Kier alpha value is -0.320. The summed E-state index contributed by atoms with van der Waals surface area (Å²) in [6.07, 6.45) is 0.828. The lowest BCUT2D eigenvalue weighted by molar-refractivity contribution is 0.101. The van der Waals surface area contributed by atoms with Crippen molar-refractivity contribution in [2.75, 3.05) is 25.7 Å². The predicted molar refractivity (Wildman–Crippen MR) is 65.8 cm³/mol. The largest absolute Gasteiger partial charge is 0.491 e. The molecule has 0 saturated carbocycles. The number of alkyl halides is 1. The molecule has 0 bridgehead atoms. The van der Waals surface area contributed by atoms with Gasteiger partial charge in [-0.05, 0) is 34.5 Å². The van der Waals surface area contributed by atoms with Crippen LogP contribution in [0.25, 0.3) is 0 Å². The SMILES string of the molecule is Fc1cc(OCCOCCCCl)ccc1Br. The first-order valence-electron chi connectivity index (χ1n) is 4.95. The Bertz CT molecular complexity index is 323. The molecule has 1 aromatic rings. The molecule has 0 amide bonds. The summed E-state index contributed by atoms with van der Waals surface area (Å²) >= 11 is 8.56. The maximum absolute atomic E-state index is 13.1. The van der Waals surface area contributed by atoms with Gasteiger partial charge >= 0.3 is 0 Å². The second-order valence-corrected chi connectivity index (χ2v) is 4.31. The van der Waals surface area contributed by atoms with E-state index in [-0.39, 0.29) is 5.82 Å². The van der Waals surface area contributed by atoms with Crippen LogP contribution in [0, 0.1) is 5.82 Å². The van der Waals surface area contributed by atoms with Crippen LogP contribution in [0.5, 0.6) is 5.75 Å². The van der Waals surface area contributed by atoms with Crippen LogP contribution in [0.3, 0.4) is 0 Å². The van der Waals surface area contributed by atoms with Gasteiger partial charge in [-0.1, -0.05) is 0 Å². The third kappa shape index (κ3) is 5.14. The summed E-state index contributed by atoms with van der Waals surface area (Å²) in [4.78, 5) is 0. The van der Waals surface area contributed by atoms with E-state index in [2.05, 4.69) is 15.9 Å².